The van der Waals surface area contributed by atoms with Crippen LogP contribution in [-0.4, -0.2) is 43.8 Å². The summed E-state index contributed by atoms with van der Waals surface area (Å²) in [6.07, 6.45) is -0.631. The standard InChI is InChI=1S/C21H26N4O2S/c1-14(2)18-7-5-6-8-20(18)27-12-17(26)13-28-21-22-23-24-25(21)19-11-15(3)9-10-16(19)4/h5-11,14,17,26H,12-13H2,1-4H3/t17-/m1/s1. The van der Waals surface area contributed by atoms with Crippen molar-refractivity contribution < 1.29 is 9.84 Å². The summed E-state index contributed by atoms with van der Waals surface area (Å²) in [4.78, 5) is 0. The average Bonchev–Trinajstić information content (AvgIpc) is 3.15. The third kappa shape index (κ3) is 4.91. The topological polar surface area (TPSA) is 73.1 Å². The summed E-state index contributed by atoms with van der Waals surface area (Å²) in [6, 6.07) is 14.1. The van der Waals surface area contributed by atoms with Crippen LogP contribution in [-0.2, 0) is 0 Å². The molecular weight excluding hydrogens is 372 g/mol. The lowest BCUT2D eigenvalue weighted by Gasteiger charge is -2.16. The third-order valence-electron chi connectivity index (χ3n) is 4.41. The summed E-state index contributed by atoms with van der Waals surface area (Å²) < 4.78 is 7.57. The van der Waals surface area contributed by atoms with Crippen LogP contribution in [0.2, 0.25) is 0 Å². The zero-order valence-electron chi connectivity index (χ0n) is 16.7. The first kappa shape index (κ1) is 20.4. The number of ether oxygens (including phenoxy) is 1. The van der Waals surface area contributed by atoms with Crippen molar-refractivity contribution in [2.45, 2.75) is 44.9 Å². The predicted octanol–water partition coefficient (Wildman–Crippen LogP) is 3.93. The van der Waals surface area contributed by atoms with Gasteiger partial charge in [-0.05, 0) is 59.0 Å². The average molecular weight is 399 g/mol. The number of aryl methyl sites for hydroxylation is 2. The maximum absolute atomic E-state index is 10.4. The molecule has 1 N–H and O–H groups in total. The Balaban J connectivity index is 1.61. The van der Waals surface area contributed by atoms with E-state index in [-0.39, 0.29) is 6.61 Å². The molecule has 3 aromatic rings. The first-order chi connectivity index (χ1) is 13.5. The van der Waals surface area contributed by atoms with E-state index >= 15 is 0 Å². The number of aliphatic hydroxyl groups excluding tert-OH is 1. The molecule has 6 nitrogen and oxygen atoms in total. The van der Waals surface area contributed by atoms with E-state index in [4.69, 9.17) is 4.74 Å². The van der Waals surface area contributed by atoms with Gasteiger partial charge in [-0.25, -0.2) is 0 Å². The molecule has 7 heteroatoms. The van der Waals surface area contributed by atoms with Crippen LogP contribution >= 0.6 is 11.8 Å². The molecule has 3 rings (SSSR count). The third-order valence-corrected chi connectivity index (χ3v) is 5.48. The molecule has 0 fully saturated rings. The Bertz CT molecular complexity index is 926. The molecular formula is C21H26N4O2S. The van der Waals surface area contributed by atoms with Crippen LogP contribution in [0.5, 0.6) is 5.75 Å². The molecule has 28 heavy (non-hydrogen) atoms. The Hall–Kier alpha value is -2.38. The van der Waals surface area contributed by atoms with Gasteiger partial charge in [0.2, 0.25) is 5.16 Å². The molecule has 2 aromatic carbocycles. The van der Waals surface area contributed by atoms with E-state index in [0.717, 1.165) is 28.1 Å². The van der Waals surface area contributed by atoms with Gasteiger partial charge in [0.15, 0.2) is 0 Å². The number of tetrazole rings is 1. The lowest BCUT2D eigenvalue weighted by Crippen LogP contribution is -2.21. The summed E-state index contributed by atoms with van der Waals surface area (Å²) in [6.45, 7) is 8.54. The van der Waals surface area contributed by atoms with E-state index in [1.807, 2.05) is 32.0 Å². The molecule has 0 aliphatic rings. The van der Waals surface area contributed by atoms with Gasteiger partial charge in [-0.1, -0.05) is 55.9 Å². The molecule has 0 spiro atoms. The summed E-state index contributed by atoms with van der Waals surface area (Å²) >= 11 is 1.41. The highest BCUT2D eigenvalue weighted by Crippen LogP contribution is 2.26. The van der Waals surface area contributed by atoms with Crippen molar-refractivity contribution in [3.8, 4) is 11.4 Å². The highest BCUT2D eigenvalue weighted by Gasteiger charge is 2.15. The van der Waals surface area contributed by atoms with Crippen molar-refractivity contribution in [1.29, 1.82) is 0 Å². The number of hydrogen-bond donors (Lipinski definition) is 1. The molecule has 1 heterocycles. The van der Waals surface area contributed by atoms with Crippen LogP contribution in [0.15, 0.2) is 47.6 Å². The molecule has 0 saturated carbocycles. The van der Waals surface area contributed by atoms with Gasteiger partial charge in [0.25, 0.3) is 0 Å². The summed E-state index contributed by atoms with van der Waals surface area (Å²) in [5.74, 6) is 1.63. The summed E-state index contributed by atoms with van der Waals surface area (Å²) in [5, 5.41) is 23.0. The zero-order chi connectivity index (χ0) is 20.1. The van der Waals surface area contributed by atoms with Crippen LogP contribution in [0.25, 0.3) is 5.69 Å². The second-order valence-corrected chi connectivity index (χ2v) is 8.12. The van der Waals surface area contributed by atoms with E-state index in [1.165, 1.54) is 11.8 Å². The van der Waals surface area contributed by atoms with Crippen molar-refractivity contribution in [1.82, 2.24) is 20.2 Å². The van der Waals surface area contributed by atoms with Crippen molar-refractivity contribution in [2.24, 2.45) is 0 Å². The monoisotopic (exact) mass is 398 g/mol. The first-order valence-electron chi connectivity index (χ1n) is 9.34. The quantitative estimate of drug-likeness (QED) is 0.580. The maximum Gasteiger partial charge on any atom is 0.214 e. The lowest BCUT2D eigenvalue weighted by atomic mass is 10.0. The number of aliphatic hydroxyl groups is 1. The Morgan fingerprint density at radius 2 is 1.93 bits per heavy atom. The minimum absolute atomic E-state index is 0.224. The van der Waals surface area contributed by atoms with E-state index in [1.54, 1.807) is 4.68 Å². The van der Waals surface area contributed by atoms with Crippen molar-refractivity contribution in [3.05, 3.63) is 59.2 Å². The highest BCUT2D eigenvalue weighted by atomic mass is 32.2. The van der Waals surface area contributed by atoms with Gasteiger partial charge in [0.05, 0.1) is 11.8 Å². The number of benzene rings is 2. The highest BCUT2D eigenvalue weighted by molar-refractivity contribution is 7.99. The Kier molecular flexibility index (Phi) is 6.70. The largest absolute Gasteiger partial charge is 0.491 e. The van der Waals surface area contributed by atoms with E-state index in [0.29, 0.717) is 16.8 Å². The van der Waals surface area contributed by atoms with E-state index in [9.17, 15) is 5.11 Å². The molecule has 1 aromatic heterocycles. The lowest BCUT2D eigenvalue weighted by molar-refractivity contribution is 0.125. The first-order valence-corrected chi connectivity index (χ1v) is 10.3. The van der Waals surface area contributed by atoms with Gasteiger partial charge in [0, 0.05) is 5.75 Å². The van der Waals surface area contributed by atoms with Crippen molar-refractivity contribution >= 4 is 11.8 Å². The number of thioether (sulfide) groups is 1. The molecule has 1 atom stereocenters. The van der Waals surface area contributed by atoms with Gasteiger partial charge in [-0.15, -0.1) is 5.10 Å². The second-order valence-electron chi connectivity index (χ2n) is 7.13. The number of para-hydroxylation sites is 1. The maximum atomic E-state index is 10.4. The molecule has 0 radical (unpaired) electrons. The molecule has 0 amide bonds. The van der Waals surface area contributed by atoms with Crippen LogP contribution in [0.3, 0.4) is 0 Å². The smallest absolute Gasteiger partial charge is 0.214 e. The normalized spacial score (nSPS) is 12.4. The Labute approximate surface area is 169 Å². The predicted molar refractivity (Wildman–Crippen MR) is 111 cm³/mol. The van der Waals surface area contributed by atoms with Gasteiger partial charge in [-0.2, -0.15) is 4.68 Å². The fraction of sp³-hybridized carbons (Fsp3) is 0.381. The van der Waals surface area contributed by atoms with Crippen LogP contribution in [0.1, 0.15) is 36.5 Å². The SMILES string of the molecule is Cc1ccc(C)c(-n2nnnc2SC[C@H](O)COc2ccccc2C(C)C)c1. The number of rotatable bonds is 8. The minimum Gasteiger partial charge on any atom is -0.491 e. The number of aromatic nitrogens is 4. The van der Waals surface area contributed by atoms with Gasteiger partial charge >= 0.3 is 0 Å². The van der Waals surface area contributed by atoms with Crippen LogP contribution in [0, 0.1) is 13.8 Å². The summed E-state index contributed by atoms with van der Waals surface area (Å²) in [7, 11) is 0. The van der Waals surface area contributed by atoms with Crippen molar-refractivity contribution in [3.63, 3.8) is 0 Å². The molecule has 0 aliphatic carbocycles. The van der Waals surface area contributed by atoms with Gasteiger partial charge in [-0.3, -0.25) is 0 Å². The Morgan fingerprint density at radius 1 is 1.14 bits per heavy atom. The fourth-order valence-corrected chi connectivity index (χ4v) is 3.65. The summed E-state index contributed by atoms with van der Waals surface area (Å²) in [5.41, 5.74) is 4.32. The molecule has 148 valence electrons. The molecule has 0 aliphatic heterocycles. The molecule has 0 saturated heterocycles. The van der Waals surface area contributed by atoms with E-state index < -0.39 is 6.10 Å². The van der Waals surface area contributed by atoms with Gasteiger partial charge < -0.3 is 9.84 Å². The van der Waals surface area contributed by atoms with Gasteiger partial charge in [0.1, 0.15) is 12.4 Å². The number of nitrogens with zero attached hydrogens (tertiary/aromatic N) is 4. The fourth-order valence-electron chi connectivity index (χ4n) is 2.86. The zero-order valence-corrected chi connectivity index (χ0v) is 17.5. The van der Waals surface area contributed by atoms with E-state index in [2.05, 4.69) is 53.6 Å². The number of hydrogen-bond acceptors (Lipinski definition) is 6. The second kappa shape index (κ2) is 9.21. The van der Waals surface area contributed by atoms with Crippen LogP contribution < -0.4 is 4.74 Å². The molecule has 0 unspecified atom stereocenters. The minimum atomic E-state index is -0.631. The Morgan fingerprint density at radius 3 is 2.71 bits per heavy atom. The van der Waals surface area contributed by atoms with Crippen molar-refractivity contribution in [2.75, 3.05) is 12.4 Å². The molecule has 0 bridgehead atoms. The van der Waals surface area contributed by atoms with Crippen LogP contribution in [0.4, 0.5) is 0 Å².